The first-order valence-corrected chi connectivity index (χ1v) is 9.09. The van der Waals surface area contributed by atoms with Gasteiger partial charge in [0.15, 0.2) is 5.13 Å². The number of nitrogens with zero attached hydrogens (tertiary/aromatic N) is 2. The number of thiazole rings is 1. The quantitative estimate of drug-likeness (QED) is 0.779. The Labute approximate surface area is 126 Å². The molecule has 1 N–H and O–H groups in total. The van der Waals surface area contributed by atoms with Crippen molar-refractivity contribution in [3.8, 4) is 0 Å². The minimum absolute atomic E-state index is 0.789. The lowest BCUT2D eigenvalue weighted by Gasteiger charge is -2.26. The van der Waals surface area contributed by atoms with Gasteiger partial charge >= 0.3 is 0 Å². The van der Waals surface area contributed by atoms with Gasteiger partial charge in [0, 0.05) is 24.0 Å². The van der Waals surface area contributed by atoms with E-state index in [0.29, 0.717) is 0 Å². The summed E-state index contributed by atoms with van der Waals surface area (Å²) in [5.74, 6) is 0.945. The van der Waals surface area contributed by atoms with Crippen molar-refractivity contribution in [2.45, 2.75) is 65.0 Å². The third kappa shape index (κ3) is 2.86. The normalized spacial score (nSPS) is 24.8. The number of fused-ring (bicyclic) bond motifs is 2. The third-order valence-corrected chi connectivity index (χ3v) is 5.76. The Kier molecular flexibility index (Phi) is 4.61. The van der Waals surface area contributed by atoms with Gasteiger partial charge in [-0.15, -0.1) is 11.3 Å². The van der Waals surface area contributed by atoms with Gasteiger partial charge in [0.2, 0.25) is 0 Å². The molecule has 0 radical (unpaired) electrons. The summed E-state index contributed by atoms with van der Waals surface area (Å²) in [7, 11) is 0. The largest absolute Gasteiger partial charge is 0.345 e. The fraction of sp³-hybridized carbons (Fsp3) is 0.812. The molecule has 1 saturated carbocycles. The van der Waals surface area contributed by atoms with Crippen molar-refractivity contribution < 1.29 is 0 Å². The van der Waals surface area contributed by atoms with Gasteiger partial charge < -0.3 is 10.2 Å². The smallest absolute Gasteiger partial charge is 0.186 e. The van der Waals surface area contributed by atoms with Crippen LogP contribution in [-0.4, -0.2) is 24.1 Å². The minimum Gasteiger partial charge on any atom is -0.345 e. The molecule has 0 aromatic carbocycles. The number of nitrogens with one attached hydrogen (secondary N) is 1. The van der Waals surface area contributed by atoms with Crippen LogP contribution >= 0.6 is 11.3 Å². The van der Waals surface area contributed by atoms with Gasteiger partial charge in [-0.25, -0.2) is 4.98 Å². The lowest BCUT2D eigenvalue weighted by molar-refractivity contribution is 0.552. The summed E-state index contributed by atoms with van der Waals surface area (Å²) in [6.07, 6.45) is 7.75. The number of aromatic nitrogens is 1. The van der Waals surface area contributed by atoms with Crippen LogP contribution in [0.4, 0.5) is 5.13 Å². The lowest BCUT2D eigenvalue weighted by atomic mass is 10.1. The van der Waals surface area contributed by atoms with E-state index in [4.69, 9.17) is 4.98 Å². The molecule has 1 saturated heterocycles. The van der Waals surface area contributed by atoms with Crippen molar-refractivity contribution in [3.05, 3.63) is 10.6 Å². The Morgan fingerprint density at radius 1 is 1.30 bits per heavy atom. The van der Waals surface area contributed by atoms with Gasteiger partial charge in [0.25, 0.3) is 0 Å². The van der Waals surface area contributed by atoms with Crippen molar-refractivity contribution in [2.75, 3.05) is 18.0 Å². The second kappa shape index (κ2) is 6.44. The average molecular weight is 293 g/mol. The van der Waals surface area contributed by atoms with E-state index in [2.05, 4.69) is 24.1 Å². The fourth-order valence-electron chi connectivity index (χ4n) is 3.60. The van der Waals surface area contributed by atoms with E-state index in [-0.39, 0.29) is 0 Å². The molecule has 3 nitrogen and oxygen atoms in total. The summed E-state index contributed by atoms with van der Waals surface area (Å²) < 4.78 is 0. The highest BCUT2D eigenvalue weighted by atomic mass is 32.1. The predicted octanol–water partition coefficient (Wildman–Crippen LogP) is 3.58. The summed E-state index contributed by atoms with van der Waals surface area (Å²) in [5.41, 5.74) is 1.35. The maximum Gasteiger partial charge on any atom is 0.186 e. The Bertz CT molecular complexity index is 443. The first-order chi connectivity index (χ1) is 9.81. The zero-order valence-corrected chi connectivity index (χ0v) is 13.6. The predicted molar refractivity (Wildman–Crippen MR) is 86.6 cm³/mol. The van der Waals surface area contributed by atoms with E-state index in [1.807, 2.05) is 11.3 Å². The van der Waals surface area contributed by atoms with Crippen molar-refractivity contribution in [2.24, 2.45) is 5.92 Å². The first-order valence-electron chi connectivity index (χ1n) is 8.27. The van der Waals surface area contributed by atoms with Gasteiger partial charge in [-0.2, -0.15) is 0 Å². The van der Waals surface area contributed by atoms with Crippen LogP contribution < -0.4 is 10.2 Å². The van der Waals surface area contributed by atoms with E-state index in [0.717, 1.165) is 31.5 Å². The van der Waals surface area contributed by atoms with Gasteiger partial charge in [0.1, 0.15) is 0 Å². The Morgan fingerprint density at radius 2 is 2.20 bits per heavy atom. The van der Waals surface area contributed by atoms with Crippen LogP contribution in [0.1, 0.15) is 56.5 Å². The van der Waals surface area contributed by atoms with E-state index < -0.39 is 0 Å². The molecular formula is C16H27N3S. The van der Waals surface area contributed by atoms with Crippen LogP contribution in [0.25, 0.3) is 0 Å². The number of hydrogen-bond acceptors (Lipinski definition) is 4. The molecule has 112 valence electrons. The second-order valence-corrected chi connectivity index (χ2v) is 7.34. The molecule has 1 aliphatic carbocycles. The molecule has 2 fully saturated rings. The van der Waals surface area contributed by atoms with Crippen molar-refractivity contribution in [1.82, 2.24) is 10.3 Å². The Morgan fingerprint density at radius 3 is 2.85 bits per heavy atom. The number of hydrogen-bond donors (Lipinski definition) is 1. The summed E-state index contributed by atoms with van der Waals surface area (Å²) in [5, 5.41) is 4.84. The minimum atomic E-state index is 0.789. The van der Waals surface area contributed by atoms with Crippen LogP contribution in [-0.2, 0) is 13.0 Å². The van der Waals surface area contributed by atoms with Gasteiger partial charge in [-0.3, -0.25) is 0 Å². The van der Waals surface area contributed by atoms with E-state index >= 15 is 0 Å². The molecule has 2 atom stereocenters. The summed E-state index contributed by atoms with van der Waals surface area (Å²) in [4.78, 5) is 9.05. The summed E-state index contributed by atoms with van der Waals surface area (Å²) >= 11 is 1.94. The summed E-state index contributed by atoms with van der Waals surface area (Å²) in [6, 6.07) is 0.789. The van der Waals surface area contributed by atoms with Crippen LogP contribution in [0.2, 0.25) is 0 Å². The van der Waals surface area contributed by atoms with Crippen LogP contribution in [0, 0.1) is 5.92 Å². The third-order valence-electron chi connectivity index (χ3n) is 4.62. The molecular weight excluding hydrogens is 266 g/mol. The molecule has 0 amide bonds. The molecule has 2 aliphatic rings. The van der Waals surface area contributed by atoms with Crippen LogP contribution in [0.3, 0.4) is 0 Å². The SMILES string of the molecule is CCCNCc1sc(N2CC3CCC2C3)nc1CCC. The van der Waals surface area contributed by atoms with Gasteiger partial charge in [-0.1, -0.05) is 20.3 Å². The molecule has 4 heteroatoms. The highest BCUT2D eigenvalue weighted by Gasteiger charge is 2.39. The fourth-order valence-corrected chi connectivity index (χ4v) is 4.76. The molecule has 2 heterocycles. The molecule has 3 rings (SSSR count). The number of aryl methyl sites for hydroxylation is 1. The molecule has 1 aromatic rings. The number of rotatable bonds is 7. The zero-order chi connectivity index (χ0) is 13.9. The topological polar surface area (TPSA) is 28.2 Å². The maximum atomic E-state index is 4.98. The Hall–Kier alpha value is -0.610. The van der Waals surface area contributed by atoms with E-state index in [1.165, 1.54) is 54.4 Å². The first kappa shape index (κ1) is 14.3. The molecule has 20 heavy (non-hydrogen) atoms. The highest BCUT2D eigenvalue weighted by molar-refractivity contribution is 7.15. The van der Waals surface area contributed by atoms with E-state index in [9.17, 15) is 0 Å². The zero-order valence-electron chi connectivity index (χ0n) is 12.8. The van der Waals surface area contributed by atoms with Crippen molar-refractivity contribution in [1.29, 1.82) is 0 Å². The van der Waals surface area contributed by atoms with Gasteiger partial charge in [0.05, 0.1) is 5.69 Å². The highest BCUT2D eigenvalue weighted by Crippen LogP contribution is 2.42. The van der Waals surface area contributed by atoms with E-state index in [1.54, 1.807) is 0 Å². The molecule has 2 bridgehead atoms. The molecule has 1 aliphatic heterocycles. The lowest BCUT2D eigenvalue weighted by Crippen LogP contribution is -2.31. The van der Waals surface area contributed by atoms with Crippen LogP contribution in [0.15, 0.2) is 0 Å². The van der Waals surface area contributed by atoms with Crippen molar-refractivity contribution in [3.63, 3.8) is 0 Å². The molecule has 0 spiro atoms. The summed E-state index contributed by atoms with van der Waals surface area (Å²) in [6.45, 7) is 7.83. The number of piperidine rings is 1. The maximum absolute atomic E-state index is 4.98. The van der Waals surface area contributed by atoms with Gasteiger partial charge in [-0.05, 0) is 44.6 Å². The number of anilines is 1. The monoisotopic (exact) mass is 293 g/mol. The standard InChI is InChI=1S/C16H27N3S/c1-3-5-14-15(10-17-8-4-2)20-16(18-14)19-11-12-6-7-13(19)9-12/h12-13,17H,3-11H2,1-2H3. The van der Waals surface area contributed by atoms with Crippen LogP contribution in [0.5, 0.6) is 0 Å². The molecule has 2 unspecified atom stereocenters. The average Bonchev–Trinajstić information content (AvgIpc) is 3.14. The Balaban J connectivity index is 1.72. The second-order valence-electron chi connectivity index (χ2n) is 6.28. The van der Waals surface area contributed by atoms with Crippen molar-refractivity contribution >= 4 is 16.5 Å². The molecule has 1 aromatic heterocycles.